The Bertz CT molecular complexity index is 604. The summed E-state index contributed by atoms with van der Waals surface area (Å²) in [5.74, 6) is 0.0722. The summed E-state index contributed by atoms with van der Waals surface area (Å²) in [6, 6.07) is 5.15. The summed E-state index contributed by atoms with van der Waals surface area (Å²) in [7, 11) is 1.54. The van der Waals surface area contributed by atoms with Crippen molar-refractivity contribution in [2.45, 2.75) is 6.61 Å². The molecule has 0 aliphatic carbocycles. The Balaban J connectivity index is 2.15. The summed E-state index contributed by atoms with van der Waals surface area (Å²) in [6.45, 7) is 0.284. The van der Waals surface area contributed by atoms with Gasteiger partial charge in [-0.2, -0.15) is 0 Å². The monoisotopic (exact) mass is 275 g/mol. The molecule has 1 aromatic carbocycles. The lowest BCUT2D eigenvalue weighted by Crippen LogP contribution is -1.97. The molecule has 2 rings (SSSR count). The van der Waals surface area contributed by atoms with E-state index in [4.69, 9.17) is 19.1 Å². The van der Waals surface area contributed by atoms with Gasteiger partial charge in [0.05, 0.1) is 13.3 Å². The second-order valence-electron chi connectivity index (χ2n) is 3.90. The third-order valence-corrected chi connectivity index (χ3v) is 2.48. The molecule has 1 aromatic heterocycles. The van der Waals surface area contributed by atoms with Gasteiger partial charge in [0, 0.05) is 11.6 Å². The van der Waals surface area contributed by atoms with Gasteiger partial charge in [-0.25, -0.2) is 4.79 Å². The van der Waals surface area contributed by atoms with Crippen LogP contribution in [-0.2, 0) is 11.4 Å². The maximum Gasteiger partial charge on any atom is 0.328 e. The second-order valence-corrected chi connectivity index (χ2v) is 3.90. The minimum atomic E-state index is -1.01. The number of hydrogen-bond donors (Lipinski definition) is 1. The highest BCUT2D eigenvalue weighted by atomic mass is 16.5. The molecule has 0 bridgehead atoms. The molecule has 0 amide bonds. The normalized spacial score (nSPS) is 10.7. The first kappa shape index (κ1) is 13.7. The number of aromatic nitrogens is 1. The average molecular weight is 275 g/mol. The molecule has 0 unspecified atom stereocenters. The molecule has 0 aliphatic heterocycles. The van der Waals surface area contributed by atoms with Crippen molar-refractivity contribution >= 4 is 12.0 Å². The molecule has 0 atom stereocenters. The maximum atomic E-state index is 10.5. The van der Waals surface area contributed by atoms with Crippen molar-refractivity contribution < 1.29 is 23.9 Å². The molecular weight excluding hydrogens is 262 g/mol. The SMILES string of the molecule is COc1ccc(/C=C/C(=O)O)cc1OCc1cnoc1. The third-order valence-electron chi connectivity index (χ3n) is 2.48. The number of ether oxygens (including phenoxy) is 2. The van der Waals surface area contributed by atoms with Crippen molar-refractivity contribution in [2.24, 2.45) is 0 Å². The van der Waals surface area contributed by atoms with Gasteiger partial charge in [0.1, 0.15) is 12.9 Å². The van der Waals surface area contributed by atoms with Gasteiger partial charge < -0.3 is 19.1 Å². The molecule has 104 valence electrons. The van der Waals surface area contributed by atoms with E-state index in [2.05, 4.69) is 5.16 Å². The van der Waals surface area contributed by atoms with Crippen LogP contribution >= 0.6 is 0 Å². The number of rotatable bonds is 6. The van der Waals surface area contributed by atoms with E-state index in [0.717, 1.165) is 11.6 Å². The smallest absolute Gasteiger partial charge is 0.328 e. The predicted molar refractivity (Wildman–Crippen MR) is 70.5 cm³/mol. The minimum absolute atomic E-state index is 0.284. The van der Waals surface area contributed by atoms with Crippen LogP contribution in [0, 0.1) is 0 Å². The van der Waals surface area contributed by atoms with Crippen molar-refractivity contribution in [3.05, 3.63) is 47.9 Å². The minimum Gasteiger partial charge on any atom is -0.493 e. The standard InChI is InChI=1S/C14H13NO5/c1-18-12-4-2-10(3-5-14(16)17)6-13(12)19-8-11-7-15-20-9-11/h2-7,9H,8H2,1H3,(H,16,17)/b5-3+. The Morgan fingerprint density at radius 3 is 2.95 bits per heavy atom. The second kappa shape index (κ2) is 6.42. The fraction of sp³-hybridized carbons (Fsp3) is 0.143. The molecule has 0 radical (unpaired) electrons. The predicted octanol–water partition coefficient (Wildman–Crippen LogP) is 2.36. The highest BCUT2D eigenvalue weighted by Gasteiger charge is 2.06. The van der Waals surface area contributed by atoms with Gasteiger partial charge in [-0.05, 0) is 23.8 Å². The van der Waals surface area contributed by atoms with Crippen LogP contribution in [0.3, 0.4) is 0 Å². The summed E-state index contributed by atoms with van der Waals surface area (Å²) < 4.78 is 15.5. The zero-order valence-corrected chi connectivity index (χ0v) is 10.8. The Morgan fingerprint density at radius 2 is 2.30 bits per heavy atom. The summed E-state index contributed by atoms with van der Waals surface area (Å²) >= 11 is 0. The van der Waals surface area contributed by atoms with Crippen LogP contribution in [0.5, 0.6) is 11.5 Å². The summed E-state index contributed by atoms with van der Waals surface area (Å²) in [6.07, 6.45) is 5.58. The largest absolute Gasteiger partial charge is 0.493 e. The van der Waals surface area contributed by atoms with Crippen LogP contribution in [0.15, 0.2) is 41.3 Å². The lowest BCUT2D eigenvalue weighted by molar-refractivity contribution is -0.131. The van der Waals surface area contributed by atoms with Crippen LogP contribution in [0.1, 0.15) is 11.1 Å². The first-order valence-corrected chi connectivity index (χ1v) is 5.79. The van der Waals surface area contributed by atoms with Crippen molar-refractivity contribution in [1.29, 1.82) is 0 Å². The lowest BCUT2D eigenvalue weighted by Gasteiger charge is -2.10. The van der Waals surface area contributed by atoms with Crippen LogP contribution < -0.4 is 9.47 Å². The fourth-order valence-electron chi connectivity index (χ4n) is 1.54. The Hall–Kier alpha value is -2.76. The van der Waals surface area contributed by atoms with Crippen molar-refractivity contribution in [3.8, 4) is 11.5 Å². The molecule has 6 nitrogen and oxygen atoms in total. The van der Waals surface area contributed by atoms with Gasteiger partial charge in [0.25, 0.3) is 0 Å². The zero-order chi connectivity index (χ0) is 14.4. The van der Waals surface area contributed by atoms with E-state index in [9.17, 15) is 4.79 Å². The molecule has 20 heavy (non-hydrogen) atoms. The van der Waals surface area contributed by atoms with E-state index >= 15 is 0 Å². The quantitative estimate of drug-likeness (QED) is 0.815. The molecule has 0 aliphatic rings. The topological polar surface area (TPSA) is 81.8 Å². The zero-order valence-electron chi connectivity index (χ0n) is 10.8. The molecule has 2 aromatic rings. The van der Waals surface area contributed by atoms with Crippen molar-refractivity contribution in [1.82, 2.24) is 5.16 Å². The van der Waals surface area contributed by atoms with E-state index in [1.807, 2.05) is 0 Å². The van der Waals surface area contributed by atoms with Gasteiger partial charge in [-0.1, -0.05) is 11.2 Å². The Labute approximate surface area is 115 Å². The van der Waals surface area contributed by atoms with Crippen LogP contribution in [0.2, 0.25) is 0 Å². The van der Waals surface area contributed by atoms with Gasteiger partial charge in [-0.3, -0.25) is 0 Å². The first-order chi connectivity index (χ1) is 9.69. The molecule has 1 N–H and O–H groups in total. The highest BCUT2D eigenvalue weighted by molar-refractivity contribution is 5.85. The van der Waals surface area contributed by atoms with E-state index in [0.29, 0.717) is 17.1 Å². The van der Waals surface area contributed by atoms with Crippen LogP contribution in [-0.4, -0.2) is 23.3 Å². The number of nitrogens with zero attached hydrogens (tertiary/aromatic N) is 1. The molecular formula is C14H13NO5. The molecule has 0 fully saturated rings. The third kappa shape index (κ3) is 3.61. The number of carboxylic acid groups (broad SMARTS) is 1. The highest BCUT2D eigenvalue weighted by Crippen LogP contribution is 2.29. The van der Waals surface area contributed by atoms with Crippen molar-refractivity contribution in [2.75, 3.05) is 7.11 Å². The number of benzene rings is 1. The summed E-state index contributed by atoms with van der Waals surface area (Å²) in [5.41, 5.74) is 1.49. The summed E-state index contributed by atoms with van der Waals surface area (Å²) in [4.78, 5) is 10.5. The van der Waals surface area contributed by atoms with E-state index in [1.165, 1.54) is 19.4 Å². The van der Waals surface area contributed by atoms with Gasteiger partial charge in [-0.15, -0.1) is 0 Å². The Morgan fingerprint density at radius 1 is 1.45 bits per heavy atom. The number of hydrogen-bond acceptors (Lipinski definition) is 5. The van der Waals surface area contributed by atoms with E-state index in [1.54, 1.807) is 24.4 Å². The maximum absolute atomic E-state index is 10.5. The number of methoxy groups -OCH3 is 1. The summed E-state index contributed by atoms with van der Waals surface area (Å²) in [5, 5.41) is 12.2. The average Bonchev–Trinajstić information content (AvgIpc) is 2.96. The van der Waals surface area contributed by atoms with Crippen LogP contribution in [0.4, 0.5) is 0 Å². The molecule has 0 saturated heterocycles. The molecule has 0 saturated carbocycles. The number of carboxylic acids is 1. The van der Waals surface area contributed by atoms with Crippen LogP contribution in [0.25, 0.3) is 6.08 Å². The fourth-order valence-corrected chi connectivity index (χ4v) is 1.54. The number of aliphatic carboxylic acids is 1. The van der Waals surface area contributed by atoms with Crippen molar-refractivity contribution in [3.63, 3.8) is 0 Å². The van der Waals surface area contributed by atoms with E-state index in [-0.39, 0.29) is 6.61 Å². The van der Waals surface area contributed by atoms with E-state index < -0.39 is 5.97 Å². The molecule has 0 spiro atoms. The van der Waals surface area contributed by atoms with Gasteiger partial charge >= 0.3 is 5.97 Å². The lowest BCUT2D eigenvalue weighted by atomic mass is 10.2. The Kier molecular flexibility index (Phi) is 4.39. The number of carbonyl (C=O) groups is 1. The van der Waals surface area contributed by atoms with Gasteiger partial charge in [0.2, 0.25) is 0 Å². The van der Waals surface area contributed by atoms with Gasteiger partial charge in [0.15, 0.2) is 11.5 Å². The molecule has 1 heterocycles. The molecule has 6 heteroatoms. The first-order valence-electron chi connectivity index (χ1n) is 5.79.